The molecule has 3 rings (SSSR count). The number of pyridine rings is 1. The SMILES string of the molecule is C[C@@H]1CN(Cc2ccc(N)nc2)CCN1CCOC(=O)c1ccccc1. The van der Waals surface area contributed by atoms with Gasteiger partial charge >= 0.3 is 5.97 Å². The monoisotopic (exact) mass is 354 g/mol. The quantitative estimate of drug-likeness (QED) is 0.801. The Kier molecular flexibility index (Phi) is 6.20. The first-order valence-corrected chi connectivity index (χ1v) is 9.01. The van der Waals surface area contributed by atoms with E-state index in [1.54, 1.807) is 12.1 Å². The van der Waals surface area contributed by atoms with E-state index in [1.165, 1.54) is 5.56 Å². The molecule has 2 N–H and O–H groups in total. The highest BCUT2D eigenvalue weighted by atomic mass is 16.5. The average molecular weight is 354 g/mol. The van der Waals surface area contributed by atoms with Crippen LogP contribution in [0.1, 0.15) is 22.8 Å². The lowest BCUT2D eigenvalue weighted by Crippen LogP contribution is -2.52. The highest BCUT2D eigenvalue weighted by Gasteiger charge is 2.23. The van der Waals surface area contributed by atoms with Gasteiger partial charge in [-0.05, 0) is 30.7 Å². The van der Waals surface area contributed by atoms with Crippen molar-refractivity contribution < 1.29 is 9.53 Å². The van der Waals surface area contributed by atoms with Crippen LogP contribution < -0.4 is 5.73 Å². The third kappa shape index (κ3) is 5.03. The van der Waals surface area contributed by atoms with Gasteiger partial charge in [-0.15, -0.1) is 0 Å². The van der Waals surface area contributed by atoms with Gasteiger partial charge in [0.25, 0.3) is 0 Å². The number of hydrogen-bond donors (Lipinski definition) is 1. The number of nitrogen functional groups attached to an aromatic ring is 1. The molecule has 1 aliphatic heterocycles. The van der Waals surface area contributed by atoms with Crippen LogP contribution in [-0.4, -0.2) is 59.6 Å². The molecule has 2 aromatic rings. The van der Waals surface area contributed by atoms with Gasteiger partial charge in [0, 0.05) is 45.0 Å². The molecular weight excluding hydrogens is 328 g/mol. The van der Waals surface area contributed by atoms with Gasteiger partial charge < -0.3 is 10.5 Å². The van der Waals surface area contributed by atoms with E-state index in [1.807, 2.05) is 36.5 Å². The second kappa shape index (κ2) is 8.78. The van der Waals surface area contributed by atoms with Gasteiger partial charge in [0.1, 0.15) is 12.4 Å². The fourth-order valence-corrected chi connectivity index (χ4v) is 3.25. The van der Waals surface area contributed by atoms with E-state index in [2.05, 4.69) is 21.7 Å². The normalized spacial score (nSPS) is 18.6. The molecule has 0 aliphatic carbocycles. The van der Waals surface area contributed by atoms with Gasteiger partial charge in [-0.1, -0.05) is 24.3 Å². The molecule has 1 fully saturated rings. The molecule has 0 amide bonds. The van der Waals surface area contributed by atoms with Crippen LogP contribution >= 0.6 is 0 Å². The zero-order chi connectivity index (χ0) is 18.4. The first kappa shape index (κ1) is 18.4. The fraction of sp³-hybridized carbons (Fsp3) is 0.400. The van der Waals surface area contributed by atoms with E-state index in [-0.39, 0.29) is 5.97 Å². The third-order valence-corrected chi connectivity index (χ3v) is 4.72. The number of nitrogens with zero attached hydrogens (tertiary/aromatic N) is 3. The van der Waals surface area contributed by atoms with E-state index in [0.29, 0.717) is 24.0 Å². The van der Waals surface area contributed by atoms with E-state index < -0.39 is 0 Å². The van der Waals surface area contributed by atoms with Gasteiger partial charge in [0.2, 0.25) is 0 Å². The van der Waals surface area contributed by atoms with Gasteiger partial charge in [0.05, 0.1) is 5.56 Å². The molecule has 1 atom stereocenters. The first-order chi connectivity index (χ1) is 12.6. The number of piperazine rings is 1. The van der Waals surface area contributed by atoms with E-state index in [9.17, 15) is 4.79 Å². The summed E-state index contributed by atoms with van der Waals surface area (Å²) in [6, 6.07) is 13.4. The van der Waals surface area contributed by atoms with Crippen molar-refractivity contribution in [2.45, 2.75) is 19.5 Å². The number of rotatable bonds is 6. The minimum absolute atomic E-state index is 0.257. The Morgan fingerprint density at radius 2 is 2.04 bits per heavy atom. The van der Waals surface area contributed by atoms with E-state index >= 15 is 0 Å². The number of esters is 1. The van der Waals surface area contributed by atoms with Crippen LogP contribution in [0.3, 0.4) is 0 Å². The second-order valence-corrected chi connectivity index (χ2v) is 6.71. The van der Waals surface area contributed by atoms with Crippen molar-refractivity contribution in [2.75, 3.05) is 38.5 Å². The number of carbonyl (C=O) groups excluding carboxylic acids is 1. The number of nitrogens with two attached hydrogens (primary N) is 1. The van der Waals surface area contributed by atoms with Crippen molar-refractivity contribution in [3.05, 3.63) is 59.8 Å². The number of benzene rings is 1. The Balaban J connectivity index is 1.41. The molecule has 0 spiro atoms. The summed E-state index contributed by atoms with van der Waals surface area (Å²) in [6.45, 7) is 7.21. The van der Waals surface area contributed by atoms with Crippen LogP contribution in [0.4, 0.5) is 5.82 Å². The molecule has 26 heavy (non-hydrogen) atoms. The van der Waals surface area contributed by atoms with Crippen LogP contribution in [0.5, 0.6) is 0 Å². The summed E-state index contributed by atoms with van der Waals surface area (Å²) in [4.78, 5) is 20.9. The molecule has 138 valence electrons. The van der Waals surface area contributed by atoms with Crippen molar-refractivity contribution in [1.29, 1.82) is 0 Å². The van der Waals surface area contributed by atoms with Gasteiger partial charge in [-0.25, -0.2) is 9.78 Å². The summed E-state index contributed by atoms with van der Waals surface area (Å²) in [6.07, 6.45) is 1.84. The summed E-state index contributed by atoms with van der Waals surface area (Å²) in [5.74, 6) is 0.296. The summed E-state index contributed by atoms with van der Waals surface area (Å²) in [7, 11) is 0. The Bertz CT molecular complexity index is 706. The predicted octanol–water partition coefficient (Wildman–Crippen LogP) is 2.03. The van der Waals surface area contributed by atoms with Gasteiger partial charge in [0.15, 0.2) is 0 Å². The van der Waals surface area contributed by atoms with Crippen molar-refractivity contribution in [2.24, 2.45) is 0 Å². The minimum Gasteiger partial charge on any atom is -0.461 e. The lowest BCUT2D eigenvalue weighted by molar-refractivity contribution is 0.0325. The summed E-state index contributed by atoms with van der Waals surface area (Å²) < 4.78 is 5.40. The molecule has 6 nitrogen and oxygen atoms in total. The number of anilines is 1. The van der Waals surface area contributed by atoms with Crippen molar-refractivity contribution in [1.82, 2.24) is 14.8 Å². The standard InChI is InChI=1S/C20H26N4O2/c1-16-14-23(15-17-7-8-19(21)22-13-17)9-10-24(16)11-12-26-20(25)18-5-3-2-4-6-18/h2-8,13,16H,9-12,14-15H2,1H3,(H2,21,22)/t16-/m1/s1. The van der Waals surface area contributed by atoms with Crippen LogP contribution in [0.25, 0.3) is 0 Å². The van der Waals surface area contributed by atoms with Crippen LogP contribution in [-0.2, 0) is 11.3 Å². The molecule has 0 saturated carbocycles. The zero-order valence-electron chi connectivity index (χ0n) is 15.2. The van der Waals surface area contributed by atoms with Crippen LogP contribution in [0.2, 0.25) is 0 Å². The lowest BCUT2D eigenvalue weighted by atomic mass is 10.1. The Labute approximate surface area is 154 Å². The zero-order valence-corrected chi connectivity index (χ0v) is 15.2. The van der Waals surface area contributed by atoms with Gasteiger partial charge in [-0.2, -0.15) is 0 Å². The maximum atomic E-state index is 12.0. The average Bonchev–Trinajstić information content (AvgIpc) is 2.66. The van der Waals surface area contributed by atoms with Gasteiger partial charge in [-0.3, -0.25) is 9.80 Å². The summed E-state index contributed by atoms with van der Waals surface area (Å²) in [5, 5.41) is 0. The van der Waals surface area contributed by atoms with Crippen LogP contribution in [0, 0.1) is 0 Å². The largest absolute Gasteiger partial charge is 0.461 e. The molecule has 0 unspecified atom stereocenters. The highest BCUT2D eigenvalue weighted by molar-refractivity contribution is 5.89. The maximum Gasteiger partial charge on any atom is 0.338 e. The molecule has 1 aromatic carbocycles. The number of hydrogen-bond acceptors (Lipinski definition) is 6. The lowest BCUT2D eigenvalue weighted by Gasteiger charge is -2.39. The summed E-state index contributed by atoms with van der Waals surface area (Å²) in [5.41, 5.74) is 7.41. The Hall–Kier alpha value is -2.44. The first-order valence-electron chi connectivity index (χ1n) is 9.01. The second-order valence-electron chi connectivity index (χ2n) is 6.71. The smallest absolute Gasteiger partial charge is 0.338 e. The van der Waals surface area contributed by atoms with Crippen molar-refractivity contribution >= 4 is 11.8 Å². The third-order valence-electron chi connectivity index (χ3n) is 4.72. The highest BCUT2D eigenvalue weighted by Crippen LogP contribution is 2.13. The topological polar surface area (TPSA) is 71.7 Å². The molecule has 0 bridgehead atoms. The van der Waals surface area contributed by atoms with E-state index in [4.69, 9.17) is 10.5 Å². The maximum absolute atomic E-state index is 12.0. The minimum atomic E-state index is -0.257. The number of carbonyl (C=O) groups is 1. The number of ether oxygens (including phenoxy) is 1. The predicted molar refractivity (Wildman–Crippen MR) is 102 cm³/mol. The fourth-order valence-electron chi connectivity index (χ4n) is 3.25. The van der Waals surface area contributed by atoms with Crippen molar-refractivity contribution in [3.8, 4) is 0 Å². The Morgan fingerprint density at radius 3 is 2.73 bits per heavy atom. The molecule has 1 saturated heterocycles. The summed E-state index contributed by atoms with van der Waals surface area (Å²) >= 11 is 0. The molecule has 1 aromatic heterocycles. The van der Waals surface area contributed by atoms with Crippen LogP contribution in [0.15, 0.2) is 48.7 Å². The Morgan fingerprint density at radius 1 is 1.23 bits per heavy atom. The molecule has 1 aliphatic rings. The molecule has 0 radical (unpaired) electrons. The molecular formula is C20H26N4O2. The van der Waals surface area contributed by atoms with Crippen molar-refractivity contribution in [3.63, 3.8) is 0 Å². The van der Waals surface area contributed by atoms with E-state index in [0.717, 1.165) is 32.7 Å². The number of aromatic nitrogens is 1. The molecule has 6 heteroatoms. The molecule has 2 heterocycles.